The average molecular weight is 269 g/mol. The molecule has 0 aliphatic carbocycles. The fourth-order valence-corrected chi connectivity index (χ4v) is 2.32. The van der Waals surface area contributed by atoms with Crippen molar-refractivity contribution >= 4 is 17.0 Å². The maximum Gasteiger partial charge on any atom is 0.152 e. The van der Waals surface area contributed by atoms with Gasteiger partial charge >= 0.3 is 0 Å². The zero-order valence-corrected chi connectivity index (χ0v) is 10.8. The van der Waals surface area contributed by atoms with E-state index in [0.29, 0.717) is 5.69 Å². The van der Waals surface area contributed by atoms with E-state index < -0.39 is 0 Å². The number of hydrogen-bond donors (Lipinski definition) is 0. The minimum atomic E-state index is -0.276. The van der Waals surface area contributed by atoms with Gasteiger partial charge in [-0.1, -0.05) is 18.2 Å². The van der Waals surface area contributed by atoms with Crippen molar-refractivity contribution in [1.82, 2.24) is 4.98 Å². The number of allylic oxidation sites excluding steroid dienone is 4. The minimum absolute atomic E-state index is 0.276. The summed E-state index contributed by atoms with van der Waals surface area (Å²) in [6.45, 7) is 0. The molecule has 3 rings (SSSR count). The van der Waals surface area contributed by atoms with Crippen LogP contribution in [0.5, 0.6) is 0 Å². The lowest BCUT2D eigenvalue weighted by Crippen LogP contribution is -2.08. The van der Waals surface area contributed by atoms with Crippen LogP contribution in [-0.4, -0.2) is 4.98 Å². The van der Waals surface area contributed by atoms with Gasteiger partial charge in [-0.25, -0.2) is 9.37 Å². The van der Waals surface area contributed by atoms with Gasteiger partial charge in [-0.05, 0) is 24.3 Å². The molecule has 1 aromatic carbocycles. The van der Waals surface area contributed by atoms with Crippen LogP contribution in [-0.2, 0) is 0 Å². The van der Waals surface area contributed by atoms with Crippen LogP contribution in [0.3, 0.4) is 0 Å². The molecule has 0 atom stereocenters. The Morgan fingerprint density at radius 1 is 1.11 bits per heavy atom. The van der Waals surface area contributed by atoms with Crippen LogP contribution in [0.25, 0.3) is 11.3 Å². The summed E-state index contributed by atoms with van der Waals surface area (Å²) in [5.41, 5.74) is 4.79. The van der Waals surface area contributed by atoms with Gasteiger partial charge in [-0.15, -0.1) is 11.3 Å². The third-order valence-electron chi connectivity index (χ3n) is 2.74. The maximum atomic E-state index is 14.2. The second-order valence-electron chi connectivity index (χ2n) is 3.97. The molecule has 0 N–H and O–H groups in total. The third-order valence-corrected chi connectivity index (χ3v) is 3.28. The summed E-state index contributed by atoms with van der Waals surface area (Å²) in [7, 11) is 0. The normalized spacial score (nSPS) is 13.8. The summed E-state index contributed by atoms with van der Waals surface area (Å²) in [6.07, 6.45) is 11.1. The Labute approximate surface area is 114 Å². The number of hydrogen-bond acceptors (Lipinski definition) is 3. The van der Waals surface area contributed by atoms with Crippen LogP contribution in [0.15, 0.2) is 60.3 Å². The molecule has 1 radical (unpaired) electrons. The highest BCUT2D eigenvalue weighted by molar-refractivity contribution is 7.07. The first-order valence-electron chi connectivity index (χ1n) is 5.76. The van der Waals surface area contributed by atoms with Gasteiger partial charge in [0.15, 0.2) is 5.51 Å². The standard InChI is InChI=1S/C15H10FN2S/c16-13-9-12(14-10-19-11-17-14)5-6-15(13)18-7-3-1-2-4-8-18/h1-10H. The van der Waals surface area contributed by atoms with E-state index in [9.17, 15) is 4.39 Å². The molecule has 4 heteroatoms. The summed E-state index contributed by atoms with van der Waals surface area (Å²) in [6, 6.07) is 5.11. The lowest BCUT2D eigenvalue weighted by molar-refractivity contribution is 0.629. The van der Waals surface area contributed by atoms with E-state index >= 15 is 0 Å². The molecule has 0 spiro atoms. The van der Waals surface area contributed by atoms with Crippen LogP contribution in [0.4, 0.5) is 10.1 Å². The Balaban J connectivity index is 1.96. The van der Waals surface area contributed by atoms with Crippen LogP contribution in [0, 0.1) is 11.3 Å². The van der Waals surface area contributed by atoms with Crippen LogP contribution >= 0.6 is 11.3 Å². The number of nitrogens with zero attached hydrogens (tertiary/aromatic N) is 2. The average Bonchev–Trinajstić information content (AvgIpc) is 2.82. The lowest BCUT2D eigenvalue weighted by atomic mass is 10.1. The van der Waals surface area contributed by atoms with E-state index in [1.807, 2.05) is 48.2 Å². The van der Waals surface area contributed by atoms with E-state index in [1.54, 1.807) is 11.0 Å². The molecule has 0 saturated heterocycles. The van der Waals surface area contributed by atoms with Gasteiger partial charge in [-0.2, -0.15) is 0 Å². The monoisotopic (exact) mass is 269 g/mol. The first-order chi connectivity index (χ1) is 9.34. The van der Waals surface area contributed by atoms with Crippen molar-refractivity contribution in [3.05, 3.63) is 71.6 Å². The van der Waals surface area contributed by atoms with Crippen molar-refractivity contribution in [1.29, 1.82) is 0 Å². The number of thiazole rings is 1. The Morgan fingerprint density at radius 2 is 1.89 bits per heavy atom. The summed E-state index contributed by atoms with van der Waals surface area (Å²) in [4.78, 5) is 5.80. The molecule has 93 valence electrons. The molecule has 0 amide bonds. The summed E-state index contributed by atoms with van der Waals surface area (Å²) < 4.78 is 14.2. The Bertz CT molecular complexity index is 641. The minimum Gasteiger partial charge on any atom is -0.321 e. The molecule has 2 nitrogen and oxygen atoms in total. The number of halogens is 1. The maximum absolute atomic E-state index is 14.2. The van der Waals surface area contributed by atoms with Gasteiger partial charge < -0.3 is 4.90 Å². The fraction of sp³-hybridized carbons (Fsp3) is 0. The van der Waals surface area contributed by atoms with E-state index in [4.69, 9.17) is 0 Å². The largest absolute Gasteiger partial charge is 0.321 e. The molecule has 19 heavy (non-hydrogen) atoms. The molecule has 0 fully saturated rings. The van der Waals surface area contributed by atoms with E-state index in [-0.39, 0.29) is 5.82 Å². The van der Waals surface area contributed by atoms with Crippen LogP contribution in [0.1, 0.15) is 0 Å². The Kier molecular flexibility index (Phi) is 3.25. The van der Waals surface area contributed by atoms with Crippen molar-refractivity contribution in [3.8, 4) is 11.3 Å². The van der Waals surface area contributed by atoms with E-state index in [1.165, 1.54) is 17.4 Å². The Hall–Kier alpha value is -2.20. The van der Waals surface area contributed by atoms with Gasteiger partial charge in [-0.3, -0.25) is 0 Å². The van der Waals surface area contributed by atoms with Gasteiger partial charge in [0.05, 0.1) is 11.4 Å². The zero-order chi connectivity index (χ0) is 13.1. The molecule has 1 aliphatic rings. The predicted octanol–water partition coefficient (Wildman–Crippen LogP) is 4.15. The molecular weight excluding hydrogens is 259 g/mol. The summed E-state index contributed by atoms with van der Waals surface area (Å²) in [5.74, 6) is -0.276. The first kappa shape index (κ1) is 11.9. The van der Waals surface area contributed by atoms with Crippen molar-refractivity contribution in [2.75, 3.05) is 4.90 Å². The second kappa shape index (κ2) is 5.20. The molecule has 0 unspecified atom stereocenters. The van der Waals surface area contributed by atoms with Gasteiger partial charge in [0.25, 0.3) is 0 Å². The molecule has 0 bridgehead atoms. The molecule has 1 aliphatic heterocycles. The number of benzene rings is 1. The van der Waals surface area contributed by atoms with Crippen molar-refractivity contribution < 1.29 is 4.39 Å². The fourth-order valence-electron chi connectivity index (χ4n) is 1.82. The highest BCUT2D eigenvalue weighted by Crippen LogP contribution is 2.27. The highest BCUT2D eigenvalue weighted by atomic mass is 32.1. The third kappa shape index (κ3) is 2.48. The smallest absolute Gasteiger partial charge is 0.152 e. The Morgan fingerprint density at radius 3 is 2.53 bits per heavy atom. The van der Waals surface area contributed by atoms with E-state index in [0.717, 1.165) is 11.3 Å². The van der Waals surface area contributed by atoms with Crippen LogP contribution in [0.2, 0.25) is 0 Å². The molecule has 1 aromatic heterocycles. The molecule has 0 saturated carbocycles. The molecular formula is C15H10FN2S. The van der Waals surface area contributed by atoms with E-state index in [2.05, 4.69) is 10.5 Å². The topological polar surface area (TPSA) is 16.1 Å². The highest BCUT2D eigenvalue weighted by Gasteiger charge is 2.10. The second-order valence-corrected chi connectivity index (χ2v) is 4.62. The molecule has 2 heterocycles. The van der Waals surface area contributed by atoms with Gasteiger partial charge in [0, 0.05) is 23.3 Å². The van der Waals surface area contributed by atoms with Crippen LogP contribution < -0.4 is 4.90 Å². The summed E-state index contributed by atoms with van der Waals surface area (Å²) >= 11 is 1.38. The lowest BCUT2D eigenvalue weighted by Gasteiger charge is -2.16. The van der Waals surface area contributed by atoms with Crippen molar-refractivity contribution in [2.24, 2.45) is 0 Å². The number of aromatic nitrogens is 1. The SMILES string of the molecule is Fc1cc(-c2cs[c]n2)ccc1N1C=CC=CC=C1. The van der Waals surface area contributed by atoms with Gasteiger partial charge in [0.1, 0.15) is 5.82 Å². The van der Waals surface area contributed by atoms with Crippen molar-refractivity contribution in [3.63, 3.8) is 0 Å². The summed E-state index contributed by atoms with van der Waals surface area (Å²) in [5, 5.41) is 1.85. The van der Waals surface area contributed by atoms with Crippen molar-refractivity contribution in [2.45, 2.75) is 0 Å². The zero-order valence-electron chi connectivity index (χ0n) is 9.95. The number of rotatable bonds is 2. The predicted molar refractivity (Wildman–Crippen MR) is 76.2 cm³/mol. The first-order valence-corrected chi connectivity index (χ1v) is 6.64. The molecule has 2 aromatic rings. The van der Waals surface area contributed by atoms with Gasteiger partial charge in [0.2, 0.25) is 0 Å². The number of anilines is 1. The quantitative estimate of drug-likeness (QED) is 0.814.